The summed E-state index contributed by atoms with van der Waals surface area (Å²) >= 11 is 0. The zero-order chi connectivity index (χ0) is 12.4. The Kier molecular flexibility index (Phi) is 3.06. The number of rotatable bonds is 4. The van der Waals surface area contributed by atoms with Crippen LogP contribution in [0.5, 0.6) is 0 Å². The Morgan fingerprint density at radius 2 is 2.33 bits per heavy atom. The average molecular weight is 244 g/mol. The van der Waals surface area contributed by atoms with Crippen molar-refractivity contribution in [1.82, 2.24) is 20.4 Å². The number of nitrogens with one attached hydrogen (secondary N) is 1. The first-order chi connectivity index (χ1) is 8.86. The van der Waals surface area contributed by atoms with Gasteiger partial charge in [-0.1, -0.05) is 18.1 Å². The van der Waals surface area contributed by atoms with Crippen molar-refractivity contribution in [2.45, 2.75) is 19.8 Å². The molecule has 5 nitrogen and oxygen atoms in total. The SMILES string of the molecule is CCc1cccnc1-c1noc(CC2CNC2)n1. The highest BCUT2D eigenvalue weighted by molar-refractivity contribution is 5.53. The molecule has 0 unspecified atom stereocenters. The van der Waals surface area contributed by atoms with Crippen LogP contribution in [0.15, 0.2) is 22.9 Å². The van der Waals surface area contributed by atoms with E-state index in [-0.39, 0.29) is 0 Å². The van der Waals surface area contributed by atoms with Crippen LogP contribution in [0.25, 0.3) is 11.5 Å². The smallest absolute Gasteiger partial charge is 0.227 e. The van der Waals surface area contributed by atoms with E-state index < -0.39 is 0 Å². The Balaban J connectivity index is 1.83. The van der Waals surface area contributed by atoms with Crippen LogP contribution in [0.4, 0.5) is 0 Å². The van der Waals surface area contributed by atoms with Gasteiger partial charge in [0, 0.05) is 12.6 Å². The van der Waals surface area contributed by atoms with Crippen LogP contribution in [-0.4, -0.2) is 28.2 Å². The van der Waals surface area contributed by atoms with Crippen LogP contribution in [0.3, 0.4) is 0 Å². The zero-order valence-corrected chi connectivity index (χ0v) is 10.4. The number of aromatic nitrogens is 3. The zero-order valence-electron chi connectivity index (χ0n) is 10.4. The number of nitrogens with zero attached hydrogens (tertiary/aromatic N) is 3. The quantitative estimate of drug-likeness (QED) is 0.882. The van der Waals surface area contributed by atoms with Crippen LogP contribution in [0.2, 0.25) is 0 Å². The van der Waals surface area contributed by atoms with E-state index in [0.717, 1.165) is 37.2 Å². The second-order valence-electron chi connectivity index (χ2n) is 4.60. The summed E-state index contributed by atoms with van der Waals surface area (Å²) in [4.78, 5) is 8.79. The van der Waals surface area contributed by atoms with Crippen LogP contribution in [0.1, 0.15) is 18.4 Å². The molecule has 0 aromatic carbocycles. The Morgan fingerprint density at radius 1 is 1.44 bits per heavy atom. The lowest BCUT2D eigenvalue weighted by Crippen LogP contribution is -2.43. The van der Waals surface area contributed by atoms with E-state index in [1.165, 1.54) is 0 Å². The molecule has 0 saturated carbocycles. The molecule has 0 radical (unpaired) electrons. The van der Waals surface area contributed by atoms with Crippen molar-refractivity contribution in [2.75, 3.05) is 13.1 Å². The summed E-state index contributed by atoms with van der Waals surface area (Å²) in [5.74, 6) is 1.95. The molecule has 0 bridgehead atoms. The van der Waals surface area contributed by atoms with E-state index in [2.05, 4.69) is 27.4 Å². The van der Waals surface area contributed by atoms with Gasteiger partial charge in [-0.3, -0.25) is 4.98 Å². The van der Waals surface area contributed by atoms with Crippen LogP contribution in [0, 0.1) is 5.92 Å². The minimum absolute atomic E-state index is 0.606. The van der Waals surface area contributed by atoms with E-state index in [1.54, 1.807) is 6.20 Å². The van der Waals surface area contributed by atoms with Crippen LogP contribution < -0.4 is 5.32 Å². The van der Waals surface area contributed by atoms with Crippen molar-refractivity contribution in [3.8, 4) is 11.5 Å². The summed E-state index contributed by atoms with van der Waals surface area (Å²) in [5, 5.41) is 7.27. The highest BCUT2D eigenvalue weighted by Gasteiger charge is 2.21. The fraction of sp³-hybridized carbons (Fsp3) is 0.462. The normalized spacial score (nSPS) is 15.6. The number of aryl methyl sites for hydroxylation is 1. The fourth-order valence-electron chi connectivity index (χ4n) is 2.10. The molecule has 18 heavy (non-hydrogen) atoms. The molecule has 2 aromatic heterocycles. The van der Waals surface area contributed by atoms with Gasteiger partial charge in [-0.25, -0.2) is 0 Å². The molecule has 1 saturated heterocycles. The Bertz CT molecular complexity index is 533. The summed E-state index contributed by atoms with van der Waals surface area (Å²) in [6.07, 6.45) is 3.54. The highest BCUT2D eigenvalue weighted by atomic mass is 16.5. The van der Waals surface area contributed by atoms with E-state index >= 15 is 0 Å². The first-order valence-electron chi connectivity index (χ1n) is 6.34. The highest BCUT2D eigenvalue weighted by Crippen LogP contribution is 2.20. The second kappa shape index (κ2) is 4.86. The molecule has 1 aliphatic heterocycles. The molecule has 0 aliphatic carbocycles. The maximum atomic E-state index is 5.30. The molecule has 94 valence electrons. The topological polar surface area (TPSA) is 63.8 Å². The van der Waals surface area contributed by atoms with Gasteiger partial charge in [0.15, 0.2) is 0 Å². The molecule has 1 fully saturated rings. The van der Waals surface area contributed by atoms with Crippen molar-refractivity contribution in [1.29, 1.82) is 0 Å². The first-order valence-corrected chi connectivity index (χ1v) is 6.34. The standard InChI is InChI=1S/C13H16N4O/c1-2-10-4-3-5-15-12(10)13-16-11(18-17-13)6-9-7-14-8-9/h3-5,9,14H,2,6-8H2,1H3. The van der Waals surface area contributed by atoms with Crippen molar-refractivity contribution in [3.63, 3.8) is 0 Å². The van der Waals surface area contributed by atoms with E-state index in [9.17, 15) is 0 Å². The summed E-state index contributed by atoms with van der Waals surface area (Å²) in [7, 11) is 0. The first kappa shape index (κ1) is 11.3. The summed E-state index contributed by atoms with van der Waals surface area (Å²) in [6, 6.07) is 3.98. The Labute approximate surface area is 106 Å². The third-order valence-corrected chi connectivity index (χ3v) is 3.28. The summed E-state index contributed by atoms with van der Waals surface area (Å²) < 4.78 is 5.30. The van der Waals surface area contributed by atoms with Crippen molar-refractivity contribution >= 4 is 0 Å². The van der Waals surface area contributed by atoms with Crippen molar-refractivity contribution in [3.05, 3.63) is 29.8 Å². The molecule has 0 amide bonds. The lowest BCUT2D eigenvalue weighted by Gasteiger charge is -2.25. The van der Waals surface area contributed by atoms with Gasteiger partial charge in [0.05, 0.1) is 0 Å². The predicted octanol–water partition coefficient (Wildman–Crippen LogP) is 1.46. The maximum Gasteiger partial charge on any atom is 0.227 e. The lowest BCUT2D eigenvalue weighted by atomic mass is 10.00. The van der Waals surface area contributed by atoms with Gasteiger partial charge < -0.3 is 9.84 Å². The second-order valence-corrected chi connectivity index (χ2v) is 4.60. The van der Waals surface area contributed by atoms with Gasteiger partial charge in [0.1, 0.15) is 5.69 Å². The van der Waals surface area contributed by atoms with Crippen LogP contribution in [-0.2, 0) is 12.8 Å². The minimum atomic E-state index is 0.606. The molecular weight excluding hydrogens is 228 g/mol. The van der Waals surface area contributed by atoms with E-state index in [0.29, 0.717) is 17.6 Å². The third-order valence-electron chi connectivity index (χ3n) is 3.28. The largest absolute Gasteiger partial charge is 0.339 e. The summed E-state index contributed by atoms with van der Waals surface area (Å²) in [5.41, 5.74) is 1.98. The van der Waals surface area contributed by atoms with Crippen LogP contribution >= 0.6 is 0 Å². The monoisotopic (exact) mass is 244 g/mol. The van der Waals surface area contributed by atoms with Gasteiger partial charge in [-0.2, -0.15) is 4.98 Å². The average Bonchev–Trinajstić information content (AvgIpc) is 2.82. The van der Waals surface area contributed by atoms with E-state index in [4.69, 9.17) is 4.52 Å². The lowest BCUT2D eigenvalue weighted by molar-refractivity contribution is 0.296. The molecule has 1 N–H and O–H groups in total. The fourth-order valence-corrected chi connectivity index (χ4v) is 2.10. The molecule has 3 heterocycles. The Hall–Kier alpha value is -1.75. The van der Waals surface area contributed by atoms with Gasteiger partial charge >= 0.3 is 0 Å². The Morgan fingerprint density at radius 3 is 3.06 bits per heavy atom. The molecule has 3 rings (SSSR count). The molecule has 5 heteroatoms. The third kappa shape index (κ3) is 2.13. The predicted molar refractivity (Wildman–Crippen MR) is 67.0 cm³/mol. The summed E-state index contributed by atoms with van der Waals surface area (Å²) in [6.45, 7) is 4.19. The van der Waals surface area contributed by atoms with Gasteiger partial charge in [0.25, 0.3) is 0 Å². The molecule has 1 aliphatic rings. The van der Waals surface area contributed by atoms with Crippen molar-refractivity contribution in [2.24, 2.45) is 5.92 Å². The minimum Gasteiger partial charge on any atom is -0.339 e. The molecule has 2 aromatic rings. The maximum absolute atomic E-state index is 5.30. The molecule has 0 atom stereocenters. The number of pyridine rings is 1. The van der Waals surface area contributed by atoms with Gasteiger partial charge in [-0.15, -0.1) is 0 Å². The molecular formula is C13H16N4O. The van der Waals surface area contributed by atoms with Gasteiger partial charge in [-0.05, 0) is 37.1 Å². The molecule has 0 spiro atoms. The van der Waals surface area contributed by atoms with Gasteiger partial charge in [0.2, 0.25) is 11.7 Å². The van der Waals surface area contributed by atoms with Crippen molar-refractivity contribution < 1.29 is 4.52 Å². The van der Waals surface area contributed by atoms with E-state index in [1.807, 2.05) is 12.1 Å². The number of hydrogen-bond donors (Lipinski definition) is 1. The number of hydrogen-bond acceptors (Lipinski definition) is 5.